The molecular formula is C26H21F7N4O3S. The van der Waals surface area contributed by atoms with Crippen LogP contribution < -0.4 is 10.3 Å². The highest BCUT2D eigenvalue weighted by Gasteiger charge is 2.44. The van der Waals surface area contributed by atoms with E-state index in [4.69, 9.17) is 0 Å². The molecule has 0 spiro atoms. The minimum Gasteiger partial charge on any atom is -0.428 e. The number of hydrogen-bond donors (Lipinski definition) is 0. The van der Waals surface area contributed by atoms with Crippen LogP contribution in [-0.2, 0) is 15.9 Å². The second-order valence-electron chi connectivity index (χ2n) is 8.57. The zero-order valence-corrected chi connectivity index (χ0v) is 22.1. The van der Waals surface area contributed by atoms with Gasteiger partial charge in [-0.3, -0.25) is 4.79 Å². The number of hydrogen-bond acceptors (Lipinski definition) is 6. The molecule has 2 aromatic heterocycles. The van der Waals surface area contributed by atoms with E-state index < -0.39 is 45.3 Å². The molecule has 0 bridgehead atoms. The lowest BCUT2D eigenvalue weighted by atomic mass is 10.1. The lowest BCUT2D eigenvalue weighted by Crippen LogP contribution is -2.33. The van der Waals surface area contributed by atoms with Gasteiger partial charge in [0.15, 0.2) is 5.82 Å². The van der Waals surface area contributed by atoms with Crippen LogP contribution in [0.15, 0.2) is 75.0 Å². The molecule has 0 N–H and O–H groups in total. The van der Waals surface area contributed by atoms with Gasteiger partial charge in [0.05, 0.1) is 31.8 Å². The predicted molar refractivity (Wildman–Crippen MR) is 137 cm³/mol. The monoisotopic (exact) mass is 602 g/mol. The molecule has 7 nitrogen and oxygen atoms in total. The van der Waals surface area contributed by atoms with Gasteiger partial charge in [0.25, 0.3) is 5.56 Å². The van der Waals surface area contributed by atoms with E-state index in [-0.39, 0.29) is 39.3 Å². The van der Waals surface area contributed by atoms with Gasteiger partial charge in [-0.15, -0.1) is 0 Å². The van der Waals surface area contributed by atoms with E-state index in [0.29, 0.717) is 11.6 Å². The number of ether oxygens (including phenoxy) is 1. The van der Waals surface area contributed by atoms with Crippen LogP contribution in [0.1, 0.15) is 19.4 Å². The topological polar surface area (TPSA) is 86.4 Å². The van der Waals surface area contributed by atoms with Crippen molar-refractivity contribution in [3.63, 3.8) is 0 Å². The fraction of sp³-hybridized carbons (Fsp3) is 0.269. The molecule has 1 unspecified atom stereocenters. The molecular weight excluding hydrogens is 581 g/mol. The summed E-state index contributed by atoms with van der Waals surface area (Å²) in [6.45, 7) is 3.34. The Kier molecular flexibility index (Phi) is 8.11. The quantitative estimate of drug-likeness (QED) is 0.213. The molecule has 0 saturated carbocycles. The van der Waals surface area contributed by atoms with Gasteiger partial charge < -0.3 is 4.74 Å². The van der Waals surface area contributed by atoms with E-state index in [1.54, 1.807) is 13.8 Å². The van der Waals surface area contributed by atoms with Crippen molar-refractivity contribution in [2.24, 2.45) is 4.36 Å². The number of nitrogens with zero attached hydrogens (tertiary/aromatic N) is 4. The van der Waals surface area contributed by atoms with Crippen molar-refractivity contribution in [3.05, 3.63) is 76.8 Å². The van der Waals surface area contributed by atoms with E-state index >= 15 is 0 Å². The highest BCUT2D eigenvalue weighted by atomic mass is 32.2. The lowest BCUT2D eigenvalue weighted by molar-refractivity contribution is -0.253. The standard InChI is InChI=1S/C26H21F7N4O3S/c1-3-36-41(39,4-2)21-11-17(15-6-9-19(10-7-15)40-26(32,33)24(27)28)13-34-22(21)37-23(38)20-12-18(25(29,30)31)8-5-16(20)14-35-37/h5-14,24H,3-4H2,1-2H3. The molecule has 0 saturated heterocycles. The molecule has 15 heteroatoms. The highest BCUT2D eigenvalue weighted by Crippen LogP contribution is 2.33. The van der Waals surface area contributed by atoms with Crippen molar-refractivity contribution in [1.82, 2.24) is 14.8 Å². The average Bonchev–Trinajstić information content (AvgIpc) is 2.92. The van der Waals surface area contributed by atoms with Crippen LogP contribution in [0.2, 0.25) is 0 Å². The van der Waals surface area contributed by atoms with Crippen molar-refractivity contribution in [2.45, 2.75) is 37.5 Å². The fourth-order valence-electron chi connectivity index (χ4n) is 3.90. The SMILES string of the molecule is CCN=S(=O)(CC)c1cc(-c2ccc(OC(F)(F)C(F)F)cc2)cnc1-n1ncc2ccc(C(F)(F)F)cc2c1=O. The summed E-state index contributed by atoms with van der Waals surface area (Å²) in [7, 11) is -3.23. The van der Waals surface area contributed by atoms with Gasteiger partial charge in [0, 0.05) is 29.4 Å². The van der Waals surface area contributed by atoms with Crippen LogP contribution in [0.3, 0.4) is 0 Å². The first kappa shape index (κ1) is 30.0. The Morgan fingerprint density at radius 3 is 2.24 bits per heavy atom. The largest absolute Gasteiger partial charge is 0.461 e. The van der Waals surface area contributed by atoms with Crippen LogP contribution in [0.4, 0.5) is 30.7 Å². The number of rotatable bonds is 8. The summed E-state index contributed by atoms with van der Waals surface area (Å²) in [6, 6.07) is 8.63. The van der Waals surface area contributed by atoms with E-state index in [2.05, 4.69) is 19.2 Å². The maximum Gasteiger partial charge on any atom is 0.461 e. The summed E-state index contributed by atoms with van der Waals surface area (Å²) >= 11 is 0. The molecule has 218 valence electrons. The Bertz CT molecular complexity index is 1760. The molecule has 1 atom stereocenters. The van der Waals surface area contributed by atoms with Crippen LogP contribution in [-0.4, -0.2) is 43.8 Å². The number of alkyl halides is 7. The smallest absolute Gasteiger partial charge is 0.428 e. The first-order valence-corrected chi connectivity index (χ1v) is 13.6. The van der Waals surface area contributed by atoms with Gasteiger partial charge >= 0.3 is 18.7 Å². The molecule has 2 aromatic carbocycles. The Labute approximate surface area is 228 Å². The third kappa shape index (κ3) is 6.04. The van der Waals surface area contributed by atoms with Gasteiger partial charge in [0.2, 0.25) is 0 Å². The number of fused-ring (bicyclic) bond motifs is 1. The molecule has 2 heterocycles. The predicted octanol–water partition coefficient (Wildman–Crippen LogP) is 6.57. The van der Waals surface area contributed by atoms with E-state index in [1.807, 2.05) is 0 Å². The van der Waals surface area contributed by atoms with Crippen molar-refractivity contribution in [3.8, 4) is 22.7 Å². The van der Waals surface area contributed by atoms with Crippen molar-refractivity contribution in [2.75, 3.05) is 12.3 Å². The first-order chi connectivity index (χ1) is 19.2. The molecule has 0 radical (unpaired) electrons. The fourth-order valence-corrected chi connectivity index (χ4v) is 5.68. The summed E-state index contributed by atoms with van der Waals surface area (Å²) < 4.78 is 114. The first-order valence-electron chi connectivity index (χ1n) is 12.0. The number of benzene rings is 2. The van der Waals surface area contributed by atoms with E-state index in [0.717, 1.165) is 28.9 Å². The average molecular weight is 603 g/mol. The Morgan fingerprint density at radius 1 is 0.976 bits per heavy atom. The Balaban J connectivity index is 1.88. The van der Waals surface area contributed by atoms with E-state index in [1.165, 1.54) is 30.6 Å². The van der Waals surface area contributed by atoms with E-state index in [9.17, 15) is 39.7 Å². The van der Waals surface area contributed by atoms with Crippen molar-refractivity contribution >= 4 is 20.5 Å². The molecule has 0 fully saturated rings. The van der Waals surface area contributed by atoms with Crippen LogP contribution in [0.5, 0.6) is 5.75 Å². The Morgan fingerprint density at radius 2 is 1.66 bits per heavy atom. The van der Waals surface area contributed by atoms with Crippen LogP contribution in [0, 0.1) is 0 Å². The van der Waals surface area contributed by atoms with Gasteiger partial charge in [-0.2, -0.15) is 40.5 Å². The normalized spacial score (nSPS) is 13.8. The van der Waals surface area contributed by atoms with Crippen molar-refractivity contribution in [1.29, 1.82) is 0 Å². The lowest BCUT2D eigenvalue weighted by Gasteiger charge is -2.17. The molecule has 0 aliphatic rings. The van der Waals surface area contributed by atoms with Crippen LogP contribution >= 0.6 is 0 Å². The van der Waals surface area contributed by atoms with Crippen molar-refractivity contribution < 1.29 is 39.7 Å². The molecule has 0 amide bonds. The number of aromatic nitrogens is 3. The minimum atomic E-state index is -4.70. The van der Waals surface area contributed by atoms with Gasteiger partial charge in [-0.05, 0) is 42.8 Å². The zero-order valence-electron chi connectivity index (χ0n) is 21.3. The Hall–Kier alpha value is -4.01. The number of halogens is 7. The summed E-state index contributed by atoms with van der Waals surface area (Å²) in [5.74, 6) is -0.777. The summed E-state index contributed by atoms with van der Waals surface area (Å²) in [5, 5.41) is 3.90. The van der Waals surface area contributed by atoms with Crippen LogP contribution in [0.25, 0.3) is 27.7 Å². The highest BCUT2D eigenvalue weighted by molar-refractivity contribution is 7.93. The number of pyridine rings is 1. The molecule has 4 rings (SSSR count). The third-order valence-electron chi connectivity index (χ3n) is 5.92. The molecule has 4 aromatic rings. The summed E-state index contributed by atoms with van der Waals surface area (Å²) in [6.07, 6.45) is -11.0. The maximum absolute atomic E-state index is 13.9. The van der Waals surface area contributed by atoms with Gasteiger partial charge in [-0.25, -0.2) is 13.6 Å². The maximum atomic E-state index is 13.9. The summed E-state index contributed by atoms with van der Waals surface area (Å²) in [4.78, 5) is 17.5. The van der Waals surface area contributed by atoms with Gasteiger partial charge in [-0.1, -0.05) is 25.1 Å². The van der Waals surface area contributed by atoms with Gasteiger partial charge in [0.1, 0.15) is 5.75 Å². The second-order valence-corrected chi connectivity index (χ2v) is 11.1. The molecule has 0 aliphatic heterocycles. The minimum absolute atomic E-state index is 0.0188. The second kappa shape index (κ2) is 11.1. The third-order valence-corrected chi connectivity index (χ3v) is 8.36. The molecule has 41 heavy (non-hydrogen) atoms. The molecule has 0 aliphatic carbocycles. The zero-order chi connectivity index (χ0) is 30.2. The summed E-state index contributed by atoms with van der Waals surface area (Å²) in [5.41, 5.74) is -1.36.